The van der Waals surface area contributed by atoms with Gasteiger partial charge in [-0.25, -0.2) is 13.1 Å². The molecule has 0 spiro atoms. The summed E-state index contributed by atoms with van der Waals surface area (Å²) in [5, 5.41) is 17.1. The molecular formula is C20H28IN5O4S. The third kappa shape index (κ3) is 8.42. The molecule has 2 rings (SSSR count). The lowest BCUT2D eigenvalue weighted by Gasteiger charge is -2.17. The summed E-state index contributed by atoms with van der Waals surface area (Å²) >= 11 is 0. The molecule has 2 aromatic rings. The Morgan fingerprint density at radius 1 is 1.13 bits per heavy atom. The van der Waals surface area contributed by atoms with Gasteiger partial charge in [0, 0.05) is 38.8 Å². The van der Waals surface area contributed by atoms with Gasteiger partial charge in [-0.3, -0.25) is 15.1 Å². The molecule has 0 aliphatic heterocycles. The number of nitro benzene ring substituents is 1. The van der Waals surface area contributed by atoms with Gasteiger partial charge in [-0.15, -0.1) is 24.0 Å². The van der Waals surface area contributed by atoms with E-state index >= 15 is 0 Å². The molecule has 170 valence electrons. The smallest absolute Gasteiger partial charge is 0.270 e. The molecule has 0 aromatic heterocycles. The van der Waals surface area contributed by atoms with Crippen LogP contribution in [0.4, 0.5) is 5.69 Å². The van der Waals surface area contributed by atoms with Crippen molar-refractivity contribution < 1.29 is 13.3 Å². The van der Waals surface area contributed by atoms with Crippen molar-refractivity contribution in [1.29, 1.82) is 0 Å². The van der Waals surface area contributed by atoms with E-state index in [9.17, 15) is 18.5 Å². The highest BCUT2D eigenvalue weighted by Gasteiger charge is 2.17. The molecule has 1 unspecified atom stereocenters. The number of rotatable bonds is 9. The van der Waals surface area contributed by atoms with Crippen molar-refractivity contribution >= 4 is 45.6 Å². The summed E-state index contributed by atoms with van der Waals surface area (Å²) in [5.74, 6) is 0.833. The van der Waals surface area contributed by atoms with Gasteiger partial charge in [-0.1, -0.05) is 42.8 Å². The summed E-state index contributed by atoms with van der Waals surface area (Å²) in [6.07, 6.45) is 0. The maximum Gasteiger partial charge on any atom is 0.270 e. The summed E-state index contributed by atoms with van der Waals surface area (Å²) in [4.78, 5) is 14.2. The average Bonchev–Trinajstić information content (AvgIpc) is 2.73. The number of aryl methyl sites for hydroxylation is 1. The molecule has 3 N–H and O–H groups in total. The molecule has 31 heavy (non-hydrogen) atoms. The molecule has 2 aromatic carbocycles. The van der Waals surface area contributed by atoms with Gasteiger partial charge in [0.05, 0.1) is 9.82 Å². The second-order valence-corrected chi connectivity index (χ2v) is 8.61. The number of nitro groups is 1. The second-order valence-electron chi connectivity index (χ2n) is 6.85. The Hall–Kier alpha value is -2.25. The molecule has 0 amide bonds. The Balaban J connectivity index is 0.00000480. The number of hydrogen-bond donors (Lipinski definition) is 3. The van der Waals surface area contributed by atoms with Gasteiger partial charge >= 0.3 is 0 Å². The molecule has 0 aliphatic carbocycles. The Morgan fingerprint density at radius 2 is 1.84 bits per heavy atom. The Kier molecular flexibility index (Phi) is 10.9. The lowest BCUT2D eigenvalue weighted by molar-refractivity contribution is -0.385. The summed E-state index contributed by atoms with van der Waals surface area (Å²) in [6.45, 7) is 5.23. The van der Waals surface area contributed by atoms with Crippen molar-refractivity contribution in [1.82, 2.24) is 15.4 Å². The molecule has 0 saturated heterocycles. The highest BCUT2D eigenvalue weighted by molar-refractivity contribution is 14.0. The number of nitrogens with one attached hydrogen (secondary N) is 3. The summed E-state index contributed by atoms with van der Waals surface area (Å²) < 4.78 is 27.0. The van der Waals surface area contributed by atoms with Crippen LogP contribution in [0.5, 0.6) is 0 Å². The zero-order valence-corrected chi connectivity index (χ0v) is 20.8. The largest absolute Gasteiger partial charge is 0.356 e. The number of non-ortho nitro benzene ring substituents is 1. The lowest BCUT2D eigenvalue weighted by Crippen LogP contribution is -2.42. The lowest BCUT2D eigenvalue weighted by atomic mass is 9.99. The number of guanidine groups is 1. The Labute approximate surface area is 200 Å². The van der Waals surface area contributed by atoms with Crippen molar-refractivity contribution in [2.45, 2.75) is 24.7 Å². The molecule has 0 fully saturated rings. The van der Waals surface area contributed by atoms with Crippen molar-refractivity contribution in [3.05, 3.63) is 69.8 Å². The zero-order valence-electron chi connectivity index (χ0n) is 17.7. The molecule has 0 radical (unpaired) electrons. The number of halogens is 1. The fourth-order valence-electron chi connectivity index (χ4n) is 2.78. The van der Waals surface area contributed by atoms with Gasteiger partial charge in [0.1, 0.15) is 0 Å². The standard InChI is InChI=1S/C20H27N5O4S.HI/c1-15-6-4-7-17(12-15)16(2)14-23-20(21-3)22-10-11-24-30(28,29)19-9-5-8-18(13-19)25(26)27;/h4-9,12-13,16,24H,10-11,14H2,1-3H3,(H2,21,22,23);1H. The third-order valence-electron chi connectivity index (χ3n) is 4.46. The van der Waals surface area contributed by atoms with E-state index in [1.807, 2.05) is 6.07 Å². The molecule has 9 nitrogen and oxygen atoms in total. The van der Waals surface area contributed by atoms with E-state index in [0.29, 0.717) is 19.0 Å². The van der Waals surface area contributed by atoms with Crippen LogP contribution in [0.25, 0.3) is 0 Å². The fourth-order valence-corrected chi connectivity index (χ4v) is 3.85. The van der Waals surface area contributed by atoms with Crippen LogP contribution < -0.4 is 15.4 Å². The van der Waals surface area contributed by atoms with E-state index in [0.717, 1.165) is 6.07 Å². The average molecular weight is 561 g/mol. The SMILES string of the molecule is CN=C(NCCNS(=O)(=O)c1cccc([N+](=O)[O-])c1)NCC(C)c1cccc(C)c1.I. The predicted octanol–water partition coefficient (Wildman–Crippen LogP) is 2.77. The normalized spacial score (nSPS) is 12.5. The summed E-state index contributed by atoms with van der Waals surface area (Å²) in [6, 6.07) is 13.2. The highest BCUT2D eigenvalue weighted by atomic mass is 127. The minimum Gasteiger partial charge on any atom is -0.356 e. The third-order valence-corrected chi connectivity index (χ3v) is 5.92. The van der Waals surface area contributed by atoms with E-state index in [1.54, 1.807) is 7.05 Å². The Bertz CT molecular complexity index is 1010. The van der Waals surface area contributed by atoms with Crippen LogP contribution in [0, 0.1) is 17.0 Å². The predicted molar refractivity (Wildman–Crippen MR) is 133 cm³/mol. The van der Waals surface area contributed by atoms with E-state index in [4.69, 9.17) is 0 Å². The van der Waals surface area contributed by atoms with Gasteiger partial charge in [-0.05, 0) is 24.5 Å². The maximum atomic E-state index is 12.3. The van der Waals surface area contributed by atoms with Crippen LogP contribution in [0.15, 0.2) is 58.4 Å². The first-order chi connectivity index (χ1) is 14.2. The molecule has 0 heterocycles. The maximum absolute atomic E-state index is 12.3. The molecule has 0 aliphatic rings. The number of sulfonamides is 1. The van der Waals surface area contributed by atoms with E-state index < -0.39 is 14.9 Å². The first kappa shape index (κ1) is 26.8. The van der Waals surface area contributed by atoms with Gasteiger partial charge in [0.15, 0.2) is 5.96 Å². The zero-order chi connectivity index (χ0) is 22.1. The quantitative estimate of drug-likeness (QED) is 0.108. The number of benzene rings is 2. The summed E-state index contributed by atoms with van der Waals surface area (Å²) in [7, 11) is -2.20. The van der Waals surface area contributed by atoms with E-state index in [1.165, 1.54) is 29.3 Å². The molecule has 0 bridgehead atoms. The van der Waals surface area contributed by atoms with Crippen LogP contribution in [0.1, 0.15) is 24.0 Å². The first-order valence-electron chi connectivity index (χ1n) is 9.48. The molecule has 0 saturated carbocycles. The van der Waals surface area contributed by atoms with Crippen molar-refractivity contribution in [2.24, 2.45) is 4.99 Å². The monoisotopic (exact) mass is 561 g/mol. The minimum absolute atomic E-state index is 0. The molecule has 1 atom stereocenters. The van der Waals surface area contributed by atoms with E-state index in [-0.39, 0.29) is 47.0 Å². The second kappa shape index (κ2) is 12.6. The fraction of sp³-hybridized carbons (Fsp3) is 0.350. The van der Waals surface area contributed by atoms with Crippen LogP contribution in [-0.4, -0.2) is 46.0 Å². The van der Waals surface area contributed by atoms with Crippen LogP contribution in [-0.2, 0) is 10.0 Å². The van der Waals surface area contributed by atoms with Gasteiger partial charge in [0.25, 0.3) is 5.69 Å². The topological polar surface area (TPSA) is 126 Å². The van der Waals surface area contributed by atoms with Crippen molar-refractivity contribution in [3.63, 3.8) is 0 Å². The van der Waals surface area contributed by atoms with Gasteiger partial charge in [0.2, 0.25) is 10.0 Å². The minimum atomic E-state index is -3.84. The van der Waals surface area contributed by atoms with Gasteiger partial charge in [-0.2, -0.15) is 0 Å². The van der Waals surface area contributed by atoms with Crippen molar-refractivity contribution in [2.75, 3.05) is 26.7 Å². The highest BCUT2D eigenvalue weighted by Crippen LogP contribution is 2.17. The summed E-state index contributed by atoms with van der Waals surface area (Å²) in [5.41, 5.74) is 2.16. The Morgan fingerprint density at radius 3 is 2.48 bits per heavy atom. The number of hydrogen-bond acceptors (Lipinski definition) is 5. The van der Waals surface area contributed by atoms with E-state index in [2.05, 4.69) is 52.4 Å². The van der Waals surface area contributed by atoms with Crippen LogP contribution >= 0.6 is 24.0 Å². The van der Waals surface area contributed by atoms with Gasteiger partial charge < -0.3 is 10.6 Å². The van der Waals surface area contributed by atoms with Crippen molar-refractivity contribution in [3.8, 4) is 0 Å². The molecule has 11 heteroatoms. The molecular weight excluding hydrogens is 533 g/mol. The number of nitrogens with zero attached hydrogens (tertiary/aromatic N) is 2. The number of aliphatic imine (C=N–C) groups is 1. The van der Waals surface area contributed by atoms with Crippen LogP contribution in [0.3, 0.4) is 0 Å². The first-order valence-corrected chi connectivity index (χ1v) is 11.0. The van der Waals surface area contributed by atoms with Crippen LogP contribution in [0.2, 0.25) is 0 Å².